The van der Waals surface area contributed by atoms with Gasteiger partial charge in [-0.05, 0) is 36.3 Å². The highest BCUT2D eigenvalue weighted by Crippen LogP contribution is 2.31. The predicted octanol–water partition coefficient (Wildman–Crippen LogP) is 4.83. The van der Waals surface area contributed by atoms with E-state index in [0.29, 0.717) is 42.7 Å². The summed E-state index contributed by atoms with van der Waals surface area (Å²) in [5, 5.41) is 10.3. The summed E-state index contributed by atoms with van der Waals surface area (Å²) in [5.74, 6) is 1.46. The molecule has 0 saturated carbocycles. The lowest BCUT2D eigenvalue weighted by atomic mass is 9.87. The number of hydrogen-bond donors (Lipinski definition) is 3. The quantitative estimate of drug-likeness (QED) is 0.226. The maximum Gasteiger partial charge on any atom is 0.251 e. The van der Waals surface area contributed by atoms with Crippen LogP contribution in [0.25, 0.3) is 22.2 Å². The van der Waals surface area contributed by atoms with Crippen LogP contribution in [0.4, 0.5) is 20.5 Å². The number of anilines is 2. The number of rotatable bonds is 11. The molecule has 3 N–H and O–H groups in total. The minimum atomic E-state index is -2.30. The fourth-order valence-electron chi connectivity index (χ4n) is 5.43. The second kappa shape index (κ2) is 13.8. The van der Waals surface area contributed by atoms with Crippen LogP contribution in [0.15, 0.2) is 55.2 Å². The van der Waals surface area contributed by atoms with E-state index < -0.39 is 6.43 Å². The van der Waals surface area contributed by atoms with Crippen molar-refractivity contribution >= 4 is 28.6 Å². The molecule has 43 heavy (non-hydrogen) atoms. The minimum absolute atomic E-state index is 0.131. The highest BCUT2D eigenvalue weighted by Gasteiger charge is 2.22. The molecule has 0 radical (unpaired) electrons. The molecule has 1 saturated heterocycles. The SMILES string of the molecule is CNC(=O)c1ccnc2c(C(C)[C@H](C)CNc3cc(-c4cnc(NC5CCN(CC(F)F)CC5)nc4)ncn3)cccc12. The lowest BCUT2D eigenvalue weighted by Gasteiger charge is -2.31. The van der Waals surface area contributed by atoms with Gasteiger partial charge in [0.25, 0.3) is 12.3 Å². The number of carbonyl (C=O) groups excluding carboxylic acids is 1. The molecule has 2 atom stereocenters. The summed E-state index contributed by atoms with van der Waals surface area (Å²) in [6.45, 7) is 6.09. The van der Waals surface area contributed by atoms with Crippen LogP contribution < -0.4 is 16.0 Å². The summed E-state index contributed by atoms with van der Waals surface area (Å²) in [7, 11) is 1.63. The average Bonchev–Trinajstić information content (AvgIpc) is 3.03. The van der Waals surface area contributed by atoms with Crippen molar-refractivity contribution in [2.24, 2.45) is 5.92 Å². The number of hydrogen-bond acceptors (Lipinski definition) is 9. The van der Waals surface area contributed by atoms with Gasteiger partial charge in [-0.25, -0.2) is 28.7 Å². The topological polar surface area (TPSA) is 121 Å². The monoisotopic (exact) mass is 589 g/mol. The summed E-state index contributed by atoms with van der Waals surface area (Å²) in [6, 6.07) is 9.75. The number of halogens is 2. The Morgan fingerprint density at radius 3 is 2.53 bits per heavy atom. The Kier molecular flexibility index (Phi) is 9.65. The molecule has 1 aliphatic heterocycles. The number of piperidine rings is 1. The Morgan fingerprint density at radius 1 is 1.05 bits per heavy atom. The molecule has 0 spiro atoms. The third-order valence-electron chi connectivity index (χ3n) is 8.15. The fourth-order valence-corrected chi connectivity index (χ4v) is 5.43. The fraction of sp³-hybridized carbons (Fsp3) is 0.419. The van der Waals surface area contributed by atoms with Crippen LogP contribution in [0.1, 0.15) is 48.5 Å². The van der Waals surface area contributed by atoms with Crippen molar-refractivity contribution in [3.8, 4) is 11.3 Å². The molecule has 1 aliphatic rings. The number of alkyl halides is 2. The zero-order valence-electron chi connectivity index (χ0n) is 24.6. The molecule has 226 valence electrons. The first-order valence-electron chi connectivity index (χ1n) is 14.6. The number of nitrogens with one attached hydrogen (secondary N) is 3. The first-order chi connectivity index (χ1) is 20.8. The largest absolute Gasteiger partial charge is 0.370 e. The number of nitrogens with zero attached hydrogens (tertiary/aromatic N) is 6. The number of likely N-dealkylation sites (tertiary alicyclic amines) is 1. The smallest absolute Gasteiger partial charge is 0.251 e. The number of pyridine rings is 1. The second-order valence-electron chi connectivity index (χ2n) is 11.0. The van der Waals surface area contributed by atoms with Crippen LogP contribution in [0.5, 0.6) is 0 Å². The van der Waals surface area contributed by atoms with Crippen molar-refractivity contribution < 1.29 is 13.6 Å². The predicted molar refractivity (Wildman–Crippen MR) is 163 cm³/mol. The van der Waals surface area contributed by atoms with Gasteiger partial charge in [0.2, 0.25) is 5.95 Å². The highest BCUT2D eigenvalue weighted by molar-refractivity contribution is 6.06. The van der Waals surface area contributed by atoms with E-state index in [0.717, 1.165) is 34.9 Å². The third kappa shape index (κ3) is 7.37. The van der Waals surface area contributed by atoms with Gasteiger partial charge in [0, 0.05) is 68.3 Å². The van der Waals surface area contributed by atoms with Crippen LogP contribution in [0.3, 0.4) is 0 Å². The van der Waals surface area contributed by atoms with Crippen molar-refractivity contribution in [2.75, 3.05) is 43.9 Å². The van der Waals surface area contributed by atoms with Gasteiger partial charge < -0.3 is 16.0 Å². The van der Waals surface area contributed by atoms with Gasteiger partial charge in [-0.15, -0.1) is 0 Å². The normalized spacial score (nSPS) is 15.8. The molecular weight excluding hydrogens is 552 g/mol. The van der Waals surface area contributed by atoms with Crippen LogP contribution in [-0.2, 0) is 0 Å². The maximum absolute atomic E-state index is 12.6. The van der Waals surface area contributed by atoms with E-state index in [1.165, 1.54) is 6.33 Å². The van der Waals surface area contributed by atoms with E-state index in [1.54, 1.807) is 36.6 Å². The molecule has 4 heterocycles. The third-order valence-corrected chi connectivity index (χ3v) is 8.15. The van der Waals surface area contributed by atoms with Crippen molar-refractivity contribution in [2.45, 2.75) is 45.1 Å². The summed E-state index contributed by atoms with van der Waals surface area (Å²) in [5.41, 5.74) is 4.00. The zero-order valence-corrected chi connectivity index (χ0v) is 24.6. The average molecular weight is 590 g/mol. The molecule has 5 rings (SSSR count). The number of para-hydroxylation sites is 1. The molecule has 0 bridgehead atoms. The van der Waals surface area contributed by atoms with Gasteiger partial charge in [0.05, 0.1) is 23.3 Å². The molecule has 10 nitrogen and oxygen atoms in total. The number of aromatic nitrogens is 5. The van der Waals surface area contributed by atoms with E-state index in [2.05, 4.69) is 60.8 Å². The molecule has 3 aromatic heterocycles. The Hall–Kier alpha value is -4.32. The van der Waals surface area contributed by atoms with E-state index in [-0.39, 0.29) is 30.3 Å². The van der Waals surface area contributed by atoms with Gasteiger partial charge in [-0.2, -0.15) is 0 Å². The van der Waals surface area contributed by atoms with Crippen molar-refractivity contribution in [1.29, 1.82) is 0 Å². The molecule has 1 aromatic carbocycles. The Morgan fingerprint density at radius 2 is 1.81 bits per heavy atom. The summed E-state index contributed by atoms with van der Waals surface area (Å²) >= 11 is 0. The molecule has 1 unspecified atom stereocenters. The van der Waals surface area contributed by atoms with Crippen LogP contribution in [0.2, 0.25) is 0 Å². The van der Waals surface area contributed by atoms with Gasteiger partial charge in [-0.1, -0.05) is 32.0 Å². The number of carbonyl (C=O) groups is 1. The highest BCUT2D eigenvalue weighted by atomic mass is 19.3. The molecule has 12 heteroatoms. The Balaban J connectivity index is 1.19. The van der Waals surface area contributed by atoms with E-state index in [9.17, 15) is 13.6 Å². The maximum atomic E-state index is 12.6. The summed E-state index contributed by atoms with van der Waals surface area (Å²) < 4.78 is 25.3. The van der Waals surface area contributed by atoms with Crippen LogP contribution >= 0.6 is 0 Å². The molecule has 0 aliphatic carbocycles. The second-order valence-corrected chi connectivity index (χ2v) is 11.0. The van der Waals surface area contributed by atoms with Gasteiger partial charge in [0.15, 0.2) is 0 Å². The van der Waals surface area contributed by atoms with E-state index >= 15 is 0 Å². The van der Waals surface area contributed by atoms with Gasteiger partial charge in [-0.3, -0.25) is 14.7 Å². The molecule has 1 amide bonds. The van der Waals surface area contributed by atoms with E-state index in [1.807, 2.05) is 18.2 Å². The molecule has 4 aromatic rings. The van der Waals surface area contributed by atoms with E-state index in [4.69, 9.17) is 0 Å². The Bertz CT molecular complexity index is 1530. The number of benzene rings is 1. The zero-order chi connectivity index (χ0) is 30.3. The van der Waals surface area contributed by atoms with Gasteiger partial charge >= 0.3 is 0 Å². The Labute approximate surface area is 249 Å². The van der Waals surface area contributed by atoms with Crippen molar-refractivity contribution in [3.63, 3.8) is 0 Å². The minimum Gasteiger partial charge on any atom is -0.370 e. The standard InChI is InChI=1S/C31H37F2N9O/c1-19(20(2)23-5-4-6-24-25(30(43)34-3)7-10-35-29(23)24)14-36-28-13-26(39-18-40-28)21-15-37-31(38-16-21)41-22-8-11-42(12-9-22)17-27(32)33/h4-7,10,13,15-16,18-20,22,27H,8-9,11-12,14,17H2,1-3H3,(H,34,43)(H,36,39,40)(H,37,38,41)/t19-,20?/m1/s1. The van der Waals surface area contributed by atoms with Gasteiger partial charge in [0.1, 0.15) is 12.1 Å². The summed E-state index contributed by atoms with van der Waals surface area (Å²) in [4.78, 5) is 36.5. The van der Waals surface area contributed by atoms with Crippen molar-refractivity contribution in [1.82, 2.24) is 35.1 Å². The first kappa shape index (κ1) is 30.1. The molecular formula is C31H37F2N9O. The van der Waals surface area contributed by atoms with Crippen LogP contribution in [0, 0.1) is 5.92 Å². The number of amides is 1. The van der Waals surface area contributed by atoms with Crippen LogP contribution in [-0.4, -0.2) is 81.4 Å². The lowest BCUT2D eigenvalue weighted by Crippen LogP contribution is -2.41. The number of fused-ring (bicyclic) bond motifs is 1. The first-order valence-corrected chi connectivity index (χ1v) is 14.6. The van der Waals surface area contributed by atoms with Crippen molar-refractivity contribution in [3.05, 3.63) is 66.4 Å². The molecule has 1 fully saturated rings. The summed E-state index contributed by atoms with van der Waals surface area (Å²) in [6.07, 6.45) is 5.87. The lowest BCUT2D eigenvalue weighted by molar-refractivity contribution is 0.0769.